The van der Waals surface area contributed by atoms with Gasteiger partial charge < -0.3 is 4.74 Å². The SMILES string of the molecule is Cc1ccc2c(c1)-c1ccccc1-c1cc3c(cc1O2)-c1cc(C(C)C)cc[n+]1CC31c2ccccc2-c2cc(C)cc(C)[n+]21. The highest BCUT2D eigenvalue weighted by molar-refractivity contribution is 5.92. The molecule has 3 aliphatic heterocycles. The zero-order valence-corrected chi connectivity index (χ0v) is 26.5. The van der Waals surface area contributed by atoms with Crippen LogP contribution in [0.15, 0.2) is 109 Å². The largest absolute Gasteiger partial charge is 0.456 e. The molecule has 1 unspecified atom stereocenters. The molecular weight excluding hydrogens is 548 g/mol. The quantitative estimate of drug-likeness (QED) is 0.176. The van der Waals surface area contributed by atoms with E-state index >= 15 is 0 Å². The third kappa shape index (κ3) is 3.58. The molecule has 0 aliphatic carbocycles. The van der Waals surface area contributed by atoms with Gasteiger partial charge in [0.15, 0.2) is 11.9 Å². The average Bonchev–Trinajstić information content (AvgIpc) is 3.23. The Balaban J connectivity index is 1.43. The van der Waals surface area contributed by atoms with Gasteiger partial charge in [0.05, 0.1) is 11.1 Å². The second-order valence-electron chi connectivity index (χ2n) is 13.5. The fraction of sp³-hybridized carbons (Fsp3) is 0.190. The van der Waals surface area contributed by atoms with Crippen LogP contribution in [-0.2, 0) is 12.1 Å². The molecule has 0 saturated carbocycles. The van der Waals surface area contributed by atoms with Gasteiger partial charge in [0.25, 0.3) is 5.54 Å². The highest BCUT2D eigenvalue weighted by atomic mass is 16.5. The number of pyridine rings is 2. The highest BCUT2D eigenvalue weighted by Crippen LogP contribution is 2.53. The summed E-state index contributed by atoms with van der Waals surface area (Å²) < 4.78 is 12.0. The fourth-order valence-electron chi connectivity index (χ4n) is 8.27. The van der Waals surface area contributed by atoms with Gasteiger partial charge in [-0.05, 0) is 72.4 Å². The number of fused-ring (bicyclic) bond motifs is 14. The van der Waals surface area contributed by atoms with E-state index in [1.165, 1.54) is 67.2 Å². The molecule has 4 aromatic carbocycles. The first kappa shape index (κ1) is 26.4. The number of hydrogen-bond donors (Lipinski definition) is 0. The molecule has 3 heteroatoms. The molecule has 0 saturated heterocycles. The number of hydrogen-bond acceptors (Lipinski definition) is 1. The van der Waals surface area contributed by atoms with Crippen LogP contribution in [-0.4, -0.2) is 0 Å². The fourth-order valence-corrected chi connectivity index (χ4v) is 8.27. The molecule has 6 aromatic rings. The Morgan fingerprint density at radius 3 is 2.11 bits per heavy atom. The second kappa shape index (κ2) is 9.25. The van der Waals surface area contributed by atoms with Crippen molar-refractivity contribution in [2.45, 2.75) is 52.6 Å². The maximum Gasteiger partial charge on any atom is 0.279 e. The van der Waals surface area contributed by atoms with Crippen molar-refractivity contribution in [1.29, 1.82) is 0 Å². The Morgan fingerprint density at radius 1 is 0.600 bits per heavy atom. The number of rotatable bonds is 1. The number of aromatic nitrogens is 2. The van der Waals surface area contributed by atoms with Crippen LogP contribution in [0.1, 0.15) is 53.3 Å². The van der Waals surface area contributed by atoms with E-state index in [4.69, 9.17) is 4.74 Å². The van der Waals surface area contributed by atoms with Gasteiger partial charge in [-0.1, -0.05) is 67.9 Å². The van der Waals surface area contributed by atoms with Crippen molar-refractivity contribution < 1.29 is 13.9 Å². The molecule has 0 radical (unpaired) electrons. The van der Waals surface area contributed by atoms with Crippen molar-refractivity contribution in [3.63, 3.8) is 0 Å². The van der Waals surface area contributed by atoms with Crippen LogP contribution in [0.5, 0.6) is 11.5 Å². The molecule has 45 heavy (non-hydrogen) atoms. The molecule has 2 aromatic heterocycles. The first-order valence-corrected chi connectivity index (χ1v) is 16.1. The monoisotopic (exact) mass is 584 g/mol. The maximum atomic E-state index is 6.91. The normalized spacial score (nSPS) is 16.5. The Hall–Kier alpha value is -5.02. The number of nitrogens with zero attached hydrogens (tertiary/aromatic N) is 2. The summed E-state index contributed by atoms with van der Waals surface area (Å²) in [6.07, 6.45) is 2.31. The molecule has 0 N–H and O–H groups in total. The van der Waals surface area contributed by atoms with E-state index in [9.17, 15) is 0 Å². The Bertz CT molecular complexity index is 2240. The molecule has 0 amide bonds. The molecule has 1 atom stereocenters. The molecule has 9 rings (SSSR count). The van der Waals surface area contributed by atoms with Crippen LogP contribution in [0.25, 0.3) is 44.8 Å². The van der Waals surface area contributed by atoms with Gasteiger partial charge in [-0.15, -0.1) is 0 Å². The lowest BCUT2D eigenvalue weighted by atomic mass is 9.75. The van der Waals surface area contributed by atoms with Crippen LogP contribution in [0.2, 0.25) is 0 Å². The topological polar surface area (TPSA) is 17.0 Å². The van der Waals surface area contributed by atoms with Crippen LogP contribution in [0.4, 0.5) is 0 Å². The van der Waals surface area contributed by atoms with Crippen molar-refractivity contribution in [1.82, 2.24) is 0 Å². The standard InChI is InChI=1S/C42H36N2O/c1-25(2)29-16-17-43-24-42(36-13-9-8-12-32(36)39-20-27(4)18-28(5)44(39)42)37-22-34-31-11-7-6-10-30(31)33-19-26(3)14-15-40(33)45-41(34)23-35(37)38(43)21-29/h6-23,25H,24H2,1-5H3/q+2. The predicted molar refractivity (Wildman–Crippen MR) is 180 cm³/mol. The summed E-state index contributed by atoms with van der Waals surface area (Å²) in [5, 5.41) is 0. The van der Waals surface area contributed by atoms with Gasteiger partial charge in [-0.2, -0.15) is 9.13 Å². The Morgan fingerprint density at radius 2 is 1.33 bits per heavy atom. The highest BCUT2D eigenvalue weighted by Gasteiger charge is 2.60. The minimum atomic E-state index is -0.421. The molecule has 5 heterocycles. The van der Waals surface area contributed by atoms with Gasteiger partial charge in [0.1, 0.15) is 11.5 Å². The number of ether oxygens (including phenoxy) is 1. The van der Waals surface area contributed by atoms with E-state index in [1.54, 1.807) is 0 Å². The van der Waals surface area contributed by atoms with Crippen molar-refractivity contribution in [3.8, 4) is 56.3 Å². The first-order chi connectivity index (χ1) is 21.8. The predicted octanol–water partition coefficient (Wildman–Crippen LogP) is 9.20. The van der Waals surface area contributed by atoms with Gasteiger partial charge in [-0.25, -0.2) is 0 Å². The lowest BCUT2D eigenvalue weighted by molar-refractivity contribution is -0.808. The molecule has 3 aliphatic rings. The summed E-state index contributed by atoms with van der Waals surface area (Å²) in [4.78, 5) is 0. The summed E-state index contributed by atoms with van der Waals surface area (Å²) in [5.74, 6) is 2.24. The van der Waals surface area contributed by atoms with Crippen LogP contribution in [0, 0.1) is 20.8 Å². The smallest absolute Gasteiger partial charge is 0.279 e. The third-order valence-electron chi connectivity index (χ3n) is 10.3. The number of benzene rings is 4. The zero-order valence-electron chi connectivity index (χ0n) is 26.5. The zero-order chi connectivity index (χ0) is 30.6. The molecule has 218 valence electrons. The van der Waals surface area contributed by atoms with Crippen molar-refractivity contribution in [2.75, 3.05) is 0 Å². The van der Waals surface area contributed by atoms with Crippen LogP contribution >= 0.6 is 0 Å². The minimum absolute atomic E-state index is 0.421. The minimum Gasteiger partial charge on any atom is -0.456 e. The first-order valence-electron chi connectivity index (χ1n) is 16.1. The molecular formula is C42H36N2O+2. The summed E-state index contributed by atoms with van der Waals surface area (Å²) in [7, 11) is 0. The lowest BCUT2D eigenvalue weighted by Gasteiger charge is -2.31. The average molecular weight is 585 g/mol. The van der Waals surface area contributed by atoms with E-state index in [-0.39, 0.29) is 0 Å². The van der Waals surface area contributed by atoms with E-state index in [2.05, 4.69) is 153 Å². The van der Waals surface area contributed by atoms with Gasteiger partial charge in [0, 0.05) is 53.4 Å². The third-order valence-corrected chi connectivity index (χ3v) is 10.3. The molecule has 0 fully saturated rings. The summed E-state index contributed by atoms with van der Waals surface area (Å²) >= 11 is 0. The van der Waals surface area contributed by atoms with E-state index in [0.717, 1.165) is 29.2 Å². The second-order valence-corrected chi connectivity index (χ2v) is 13.5. The molecule has 1 spiro atoms. The van der Waals surface area contributed by atoms with E-state index in [0.29, 0.717) is 5.92 Å². The van der Waals surface area contributed by atoms with Crippen molar-refractivity contribution in [2.24, 2.45) is 0 Å². The van der Waals surface area contributed by atoms with Crippen molar-refractivity contribution in [3.05, 3.63) is 143 Å². The Kier molecular flexibility index (Phi) is 5.42. The van der Waals surface area contributed by atoms with Crippen molar-refractivity contribution >= 4 is 0 Å². The summed E-state index contributed by atoms with van der Waals surface area (Å²) in [6.45, 7) is 12.0. The van der Waals surface area contributed by atoms with E-state index in [1.807, 2.05) is 0 Å². The Labute approximate surface area is 265 Å². The summed E-state index contributed by atoms with van der Waals surface area (Å²) in [6, 6.07) is 38.6. The molecule has 0 bridgehead atoms. The lowest BCUT2D eigenvalue weighted by Crippen LogP contribution is -2.66. The van der Waals surface area contributed by atoms with Crippen LogP contribution < -0.4 is 13.9 Å². The van der Waals surface area contributed by atoms with Gasteiger partial charge in [-0.3, -0.25) is 0 Å². The van der Waals surface area contributed by atoms with Gasteiger partial charge >= 0.3 is 0 Å². The van der Waals surface area contributed by atoms with Gasteiger partial charge in [0.2, 0.25) is 17.9 Å². The van der Waals surface area contributed by atoms with E-state index < -0.39 is 5.54 Å². The molecule has 3 nitrogen and oxygen atoms in total. The van der Waals surface area contributed by atoms with Crippen LogP contribution in [0.3, 0.4) is 0 Å². The number of aryl methyl sites for hydroxylation is 3. The summed E-state index contributed by atoms with van der Waals surface area (Å²) in [5.41, 5.74) is 17.2. The maximum absolute atomic E-state index is 6.91.